The Morgan fingerprint density at radius 3 is 1.98 bits per heavy atom. The van der Waals surface area contributed by atoms with Crippen LogP contribution in [-0.4, -0.2) is 110 Å². The number of primary amides is 1. The van der Waals surface area contributed by atoms with E-state index in [0.717, 1.165) is 0 Å². The van der Waals surface area contributed by atoms with E-state index in [4.69, 9.17) is 11.5 Å². The number of benzene rings is 1. The van der Waals surface area contributed by atoms with Crippen LogP contribution in [0.25, 0.3) is 0 Å². The third kappa shape index (κ3) is 14.4. The molecule has 0 unspecified atom stereocenters. The highest BCUT2D eigenvalue weighted by atomic mass is 16.4. The van der Waals surface area contributed by atoms with Gasteiger partial charge in [-0.05, 0) is 62.6 Å². The maximum absolute atomic E-state index is 13.8. The van der Waals surface area contributed by atoms with Crippen LogP contribution in [0.4, 0.5) is 0 Å². The molecule has 306 valence electrons. The highest BCUT2D eigenvalue weighted by Crippen LogP contribution is 2.23. The van der Waals surface area contributed by atoms with Gasteiger partial charge in [0, 0.05) is 44.1 Å². The molecule has 5 amide bonds. The number of phenols is 1. The molecule has 0 spiro atoms. The number of Topliss-reactive ketones (excluding diaryl/α,β-unsaturated/α-hetero) is 2. The second-order valence-corrected chi connectivity index (χ2v) is 15.2. The van der Waals surface area contributed by atoms with Crippen LogP contribution >= 0.6 is 0 Å². The van der Waals surface area contributed by atoms with Gasteiger partial charge in [0.05, 0.1) is 18.2 Å². The molecule has 0 saturated carbocycles. The van der Waals surface area contributed by atoms with Crippen molar-refractivity contribution in [3.8, 4) is 5.75 Å². The number of hydrogen-bond donors (Lipinski definition) is 8. The predicted octanol–water partition coefficient (Wildman–Crippen LogP) is -0.0790. The van der Waals surface area contributed by atoms with Crippen molar-refractivity contribution >= 4 is 47.1 Å². The van der Waals surface area contributed by atoms with Crippen molar-refractivity contribution in [1.29, 1.82) is 0 Å². The van der Waals surface area contributed by atoms with Gasteiger partial charge in [-0.2, -0.15) is 0 Å². The summed E-state index contributed by atoms with van der Waals surface area (Å²) in [7, 11) is 0. The Balaban J connectivity index is 2.30. The number of likely N-dealkylation sites (tertiary alicyclic amines) is 1. The maximum atomic E-state index is 13.8. The minimum atomic E-state index is -1.50. The fourth-order valence-corrected chi connectivity index (χ4v) is 6.43. The van der Waals surface area contributed by atoms with E-state index in [1.165, 1.54) is 30.9 Å². The van der Waals surface area contributed by atoms with Crippen molar-refractivity contribution in [3.05, 3.63) is 29.8 Å². The number of carbonyl (C=O) groups is 8. The van der Waals surface area contributed by atoms with Crippen LogP contribution in [0.1, 0.15) is 85.6 Å². The summed E-state index contributed by atoms with van der Waals surface area (Å²) < 4.78 is 0. The third-order valence-corrected chi connectivity index (χ3v) is 9.73. The van der Waals surface area contributed by atoms with E-state index in [1.807, 2.05) is 13.8 Å². The van der Waals surface area contributed by atoms with E-state index in [2.05, 4.69) is 16.0 Å². The number of nitrogens with two attached hydrogens (primary N) is 2. The molecule has 1 saturated heterocycles. The number of aliphatic hydroxyl groups excluding tert-OH is 1. The quantitative estimate of drug-likeness (QED) is 0.0725. The highest BCUT2D eigenvalue weighted by Gasteiger charge is 2.40. The van der Waals surface area contributed by atoms with Crippen LogP contribution in [0.3, 0.4) is 0 Å². The molecule has 1 aliphatic rings. The first-order valence-electron chi connectivity index (χ1n) is 18.6. The Labute approximate surface area is 321 Å². The lowest BCUT2D eigenvalue weighted by molar-refractivity contribution is -0.140. The smallest absolute Gasteiger partial charge is 0.303 e. The molecule has 1 aliphatic heterocycles. The molecule has 0 radical (unpaired) electrons. The third-order valence-electron chi connectivity index (χ3n) is 9.73. The van der Waals surface area contributed by atoms with Crippen LogP contribution < -0.4 is 27.4 Å². The zero-order chi connectivity index (χ0) is 41.7. The topological polar surface area (TPSA) is 289 Å². The number of aliphatic carboxylic acids is 1. The van der Waals surface area contributed by atoms with Gasteiger partial charge in [-0.1, -0.05) is 39.8 Å². The largest absolute Gasteiger partial charge is 0.508 e. The summed E-state index contributed by atoms with van der Waals surface area (Å²) in [4.78, 5) is 105. The zero-order valence-corrected chi connectivity index (χ0v) is 32.4. The van der Waals surface area contributed by atoms with Gasteiger partial charge in [-0.3, -0.25) is 38.4 Å². The van der Waals surface area contributed by atoms with Gasteiger partial charge in [0.2, 0.25) is 29.5 Å². The summed E-state index contributed by atoms with van der Waals surface area (Å²) in [6.07, 6.45) is -2.53. The second-order valence-electron chi connectivity index (χ2n) is 15.2. The number of rotatable bonds is 23. The number of phenolic OH excluding ortho intramolecular Hbond substituents is 1. The molecule has 55 heavy (non-hydrogen) atoms. The summed E-state index contributed by atoms with van der Waals surface area (Å²) >= 11 is 0. The molecule has 17 heteroatoms. The fraction of sp³-hybridized carbons (Fsp3) is 0.632. The van der Waals surface area contributed by atoms with Crippen molar-refractivity contribution in [3.63, 3.8) is 0 Å². The van der Waals surface area contributed by atoms with E-state index >= 15 is 0 Å². The lowest BCUT2D eigenvalue weighted by Gasteiger charge is -2.31. The van der Waals surface area contributed by atoms with Crippen LogP contribution in [0.15, 0.2) is 24.3 Å². The Morgan fingerprint density at radius 2 is 1.49 bits per heavy atom. The number of nitrogens with zero attached hydrogens (tertiary/aromatic N) is 1. The van der Waals surface area contributed by atoms with Crippen molar-refractivity contribution in [1.82, 2.24) is 20.9 Å². The SMILES string of the molecule is CC(C)C[C@@H](CC(=O)[C@@H](CCC(=O)O)NC(=O)[C@H](CC(=O)[C@H](NC(=O)[C@@H](Cc1ccc(O)cc1)N1CC[C@@H](N)C1=O)[C@@H](C)O)C(C)C)C(=O)N[C@H](C)C(N)=O. The number of hydrogen-bond acceptors (Lipinski definition) is 11. The van der Waals surface area contributed by atoms with Gasteiger partial charge in [-0.25, -0.2) is 0 Å². The molecule has 0 bridgehead atoms. The Kier molecular flexibility index (Phi) is 17.9. The van der Waals surface area contributed by atoms with Gasteiger partial charge in [0.25, 0.3) is 0 Å². The molecule has 17 nitrogen and oxygen atoms in total. The molecule has 1 aromatic carbocycles. The molecular weight excluding hydrogens is 716 g/mol. The van der Waals surface area contributed by atoms with Crippen LogP contribution in [0, 0.1) is 23.7 Å². The summed E-state index contributed by atoms with van der Waals surface area (Å²) in [5, 5.41) is 37.4. The standard InChI is InChI=1S/C38H58N6O11/c1-19(2)15-24(35(52)41-21(5)34(40)51)17-30(47)28(11-12-32(49)50)42-36(53)26(20(3)4)18-31(48)33(22(6)45)43-37(54)29(44-14-13-27(39)38(44)55)16-23-7-9-25(46)10-8-23/h7-10,19-22,24,26-29,33,45-46H,11-18,39H2,1-6H3,(H2,40,51)(H,41,52)(H,42,53)(H,43,54)(H,49,50)/t21-,22-,24+,26-,27-,28-,29-,33-/m1/s1. The minimum Gasteiger partial charge on any atom is -0.508 e. The molecule has 2 rings (SSSR count). The zero-order valence-electron chi connectivity index (χ0n) is 32.4. The lowest BCUT2D eigenvalue weighted by atomic mass is 9.86. The van der Waals surface area contributed by atoms with Crippen molar-refractivity contribution < 1.29 is 53.7 Å². The van der Waals surface area contributed by atoms with Gasteiger partial charge >= 0.3 is 5.97 Å². The molecule has 10 N–H and O–H groups in total. The summed E-state index contributed by atoms with van der Waals surface area (Å²) in [5.41, 5.74) is 11.8. The number of carbonyl (C=O) groups excluding carboxylic acids is 7. The monoisotopic (exact) mass is 774 g/mol. The van der Waals surface area contributed by atoms with Gasteiger partial charge in [0.15, 0.2) is 11.6 Å². The normalized spacial score (nSPS) is 18.1. The van der Waals surface area contributed by atoms with E-state index in [-0.39, 0.29) is 43.9 Å². The predicted molar refractivity (Wildman–Crippen MR) is 200 cm³/mol. The molecule has 1 aromatic rings. The van der Waals surface area contributed by atoms with E-state index in [1.54, 1.807) is 26.0 Å². The highest BCUT2D eigenvalue weighted by molar-refractivity contribution is 5.97. The van der Waals surface area contributed by atoms with E-state index in [9.17, 15) is 53.7 Å². The maximum Gasteiger partial charge on any atom is 0.303 e. The average Bonchev–Trinajstić information content (AvgIpc) is 3.42. The summed E-state index contributed by atoms with van der Waals surface area (Å²) in [6, 6.07) is 0.227. The van der Waals surface area contributed by atoms with Crippen LogP contribution in [0.2, 0.25) is 0 Å². The number of carboxylic acid groups (broad SMARTS) is 1. The first-order chi connectivity index (χ1) is 25.6. The summed E-state index contributed by atoms with van der Waals surface area (Å²) in [6.45, 7) is 9.82. The second kappa shape index (κ2) is 21.3. The van der Waals surface area contributed by atoms with E-state index in [0.29, 0.717) is 12.0 Å². The Morgan fingerprint density at radius 1 is 0.873 bits per heavy atom. The number of amides is 5. The minimum absolute atomic E-state index is 0.000410. The van der Waals surface area contributed by atoms with Crippen LogP contribution in [0.5, 0.6) is 5.75 Å². The Hall–Kier alpha value is -4.90. The Bertz CT molecular complexity index is 1550. The molecule has 8 atom stereocenters. The van der Waals surface area contributed by atoms with Crippen molar-refractivity contribution in [2.24, 2.45) is 35.1 Å². The summed E-state index contributed by atoms with van der Waals surface area (Å²) in [5.74, 6) is -8.47. The molecule has 0 aliphatic carbocycles. The molecule has 0 aromatic heterocycles. The van der Waals surface area contributed by atoms with Gasteiger partial charge in [0.1, 0.15) is 23.9 Å². The van der Waals surface area contributed by atoms with Crippen LogP contribution in [-0.2, 0) is 44.8 Å². The van der Waals surface area contributed by atoms with Crippen molar-refractivity contribution in [2.45, 2.75) is 123 Å². The first kappa shape index (κ1) is 46.3. The number of carboxylic acids is 1. The fourth-order valence-electron chi connectivity index (χ4n) is 6.43. The van der Waals surface area contributed by atoms with Gasteiger partial charge in [-0.15, -0.1) is 0 Å². The van der Waals surface area contributed by atoms with Crippen molar-refractivity contribution in [2.75, 3.05) is 6.54 Å². The molecule has 1 fully saturated rings. The van der Waals surface area contributed by atoms with E-state index < -0.39 is 114 Å². The first-order valence-corrected chi connectivity index (χ1v) is 18.6. The number of aliphatic hydroxyl groups is 1. The number of nitrogens with one attached hydrogen (secondary N) is 3. The number of aromatic hydroxyl groups is 1. The lowest BCUT2D eigenvalue weighted by Crippen LogP contribution is -2.56. The average molecular weight is 775 g/mol. The number of ketones is 2. The molecule has 1 heterocycles. The molecular formula is C38H58N6O11. The van der Waals surface area contributed by atoms with Gasteiger partial charge < -0.3 is 47.6 Å².